The van der Waals surface area contributed by atoms with Crippen molar-refractivity contribution in [3.8, 4) is 10.6 Å². The predicted octanol–water partition coefficient (Wildman–Crippen LogP) is 4.41. The van der Waals surface area contributed by atoms with Crippen LogP contribution in [-0.4, -0.2) is 25.2 Å². The molecule has 0 amide bonds. The monoisotopic (exact) mass is 359 g/mol. The lowest BCUT2D eigenvalue weighted by molar-refractivity contribution is 0.321. The highest BCUT2D eigenvalue weighted by atomic mass is 32.2. The van der Waals surface area contributed by atoms with Crippen molar-refractivity contribution >= 4 is 23.1 Å². The lowest BCUT2D eigenvalue weighted by Crippen LogP contribution is -2.24. The van der Waals surface area contributed by atoms with Crippen molar-refractivity contribution in [2.24, 2.45) is 0 Å². The van der Waals surface area contributed by atoms with Crippen molar-refractivity contribution in [3.05, 3.63) is 40.9 Å². The number of tetrazole rings is 1. The molecular weight excluding hydrogens is 338 g/mol. The number of rotatable bonds is 5. The van der Waals surface area contributed by atoms with Crippen LogP contribution >= 0.6 is 23.1 Å². The molecule has 0 saturated carbocycles. The average Bonchev–Trinajstić information content (AvgIpc) is 3.21. The minimum atomic E-state index is -0.125. The molecule has 2 heterocycles. The van der Waals surface area contributed by atoms with Gasteiger partial charge < -0.3 is 0 Å². The van der Waals surface area contributed by atoms with Crippen LogP contribution in [0, 0.1) is 0 Å². The summed E-state index contributed by atoms with van der Waals surface area (Å²) in [5.41, 5.74) is 3.45. The van der Waals surface area contributed by atoms with Crippen LogP contribution in [0.15, 0.2) is 34.8 Å². The third kappa shape index (κ3) is 3.84. The molecule has 7 heteroatoms. The van der Waals surface area contributed by atoms with Crippen LogP contribution in [0.4, 0.5) is 0 Å². The summed E-state index contributed by atoms with van der Waals surface area (Å²) >= 11 is 3.30. The fraction of sp³-hybridized carbons (Fsp3) is 0.412. The molecule has 3 rings (SSSR count). The lowest BCUT2D eigenvalue weighted by Gasteiger charge is -2.19. The number of benzene rings is 1. The van der Waals surface area contributed by atoms with Crippen LogP contribution < -0.4 is 0 Å². The molecule has 126 valence electrons. The minimum absolute atomic E-state index is 0.125. The molecule has 3 aromatic rings. The van der Waals surface area contributed by atoms with E-state index in [-0.39, 0.29) is 5.54 Å². The largest absolute Gasteiger partial charge is 0.240 e. The van der Waals surface area contributed by atoms with E-state index in [9.17, 15) is 0 Å². The smallest absolute Gasteiger partial charge is 0.210 e. The van der Waals surface area contributed by atoms with Gasteiger partial charge in [0.2, 0.25) is 5.16 Å². The molecule has 0 aliphatic rings. The summed E-state index contributed by atoms with van der Waals surface area (Å²) in [6.45, 7) is 8.44. The van der Waals surface area contributed by atoms with E-state index in [1.165, 1.54) is 11.1 Å². The number of aryl methyl sites for hydroxylation is 1. The van der Waals surface area contributed by atoms with Gasteiger partial charge in [0.05, 0.1) is 11.2 Å². The van der Waals surface area contributed by atoms with Crippen molar-refractivity contribution in [2.45, 2.75) is 50.6 Å². The van der Waals surface area contributed by atoms with E-state index in [4.69, 9.17) is 4.98 Å². The Kier molecular flexibility index (Phi) is 5.01. The van der Waals surface area contributed by atoms with Crippen LogP contribution in [0.2, 0.25) is 0 Å². The van der Waals surface area contributed by atoms with Gasteiger partial charge in [-0.05, 0) is 43.2 Å². The van der Waals surface area contributed by atoms with Crippen LogP contribution in [0.3, 0.4) is 0 Å². The van der Waals surface area contributed by atoms with E-state index in [1.807, 2.05) is 4.68 Å². The highest BCUT2D eigenvalue weighted by Gasteiger charge is 2.20. The SMILES string of the molecule is CCc1ccc(-c2nc(CSc3nnnn3C(C)(C)C)cs2)cc1. The minimum Gasteiger partial charge on any atom is -0.240 e. The van der Waals surface area contributed by atoms with Gasteiger partial charge in [-0.1, -0.05) is 43.0 Å². The van der Waals surface area contributed by atoms with Crippen molar-refractivity contribution in [1.82, 2.24) is 25.2 Å². The summed E-state index contributed by atoms with van der Waals surface area (Å²) in [5.74, 6) is 0.764. The summed E-state index contributed by atoms with van der Waals surface area (Å²) in [4.78, 5) is 4.75. The Hall–Kier alpha value is -1.73. The van der Waals surface area contributed by atoms with E-state index in [0.29, 0.717) is 0 Å². The maximum Gasteiger partial charge on any atom is 0.210 e. The van der Waals surface area contributed by atoms with E-state index in [0.717, 1.165) is 28.0 Å². The number of thiazole rings is 1. The zero-order valence-electron chi connectivity index (χ0n) is 14.4. The first-order valence-electron chi connectivity index (χ1n) is 7.92. The number of thioether (sulfide) groups is 1. The van der Waals surface area contributed by atoms with Gasteiger partial charge in [-0.15, -0.1) is 16.4 Å². The van der Waals surface area contributed by atoms with E-state index < -0.39 is 0 Å². The highest BCUT2D eigenvalue weighted by Crippen LogP contribution is 2.28. The summed E-state index contributed by atoms with van der Waals surface area (Å²) < 4.78 is 1.86. The van der Waals surface area contributed by atoms with Crippen molar-refractivity contribution < 1.29 is 0 Å². The first-order chi connectivity index (χ1) is 11.5. The molecule has 0 fully saturated rings. The Bertz CT molecular complexity index is 799. The zero-order valence-corrected chi connectivity index (χ0v) is 16.0. The Morgan fingerprint density at radius 2 is 1.92 bits per heavy atom. The molecule has 0 bridgehead atoms. The van der Waals surface area contributed by atoms with Crippen LogP contribution in [0.5, 0.6) is 0 Å². The number of nitrogens with zero attached hydrogens (tertiary/aromatic N) is 5. The Balaban J connectivity index is 1.69. The van der Waals surface area contributed by atoms with Crippen LogP contribution in [0.1, 0.15) is 39.0 Å². The van der Waals surface area contributed by atoms with Crippen molar-refractivity contribution in [2.75, 3.05) is 0 Å². The molecule has 24 heavy (non-hydrogen) atoms. The maximum absolute atomic E-state index is 4.75. The second-order valence-corrected chi connectivity index (χ2v) is 8.33. The van der Waals surface area contributed by atoms with E-state index in [2.05, 4.69) is 72.9 Å². The fourth-order valence-corrected chi connectivity index (χ4v) is 4.10. The third-order valence-corrected chi connectivity index (χ3v) is 5.48. The quantitative estimate of drug-likeness (QED) is 0.632. The van der Waals surface area contributed by atoms with Gasteiger partial charge >= 0.3 is 0 Å². The molecule has 0 saturated heterocycles. The standard InChI is InChI=1S/C17H21N5S2/c1-5-12-6-8-13(9-7-12)15-18-14(10-23-15)11-24-16-19-20-21-22(16)17(2,3)4/h6-10H,5,11H2,1-4H3. The zero-order chi connectivity index (χ0) is 17.2. The molecule has 0 spiro atoms. The average molecular weight is 360 g/mol. The van der Waals surface area contributed by atoms with Crippen molar-refractivity contribution in [3.63, 3.8) is 0 Å². The first kappa shape index (κ1) is 17.1. The Morgan fingerprint density at radius 3 is 2.58 bits per heavy atom. The molecule has 0 atom stereocenters. The third-order valence-electron chi connectivity index (χ3n) is 3.59. The number of aromatic nitrogens is 5. The fourth-order valence-electron chi connectivity index (χ4n) is 2.22. The molecule has 0 aliphatic heterocycles. The molecule has 0 unspecified atom stereocenters. The van der Waals surface area contributed by atoms with E-state index >= 15 is 0 Å². The molecule has 5 nitrogen and oxygen atoms in total. The molecule has 0 N–H and O–H groups in total. The van der Waals surface area contributed by atoms with Crippen molar-refractivity contribution in [1.29, 1.82) is 0 Å². The van der Waals surface area contributed by atoms with Gasteiger partial charge in [0.1, 0.15) is 5.01 Å². The lowest BCUT2D eigenvalue weighted by atomic mass is 10.1. The Morgan fingerprint density at radius 1 is 1.17 bits per heavy atom. The summed E-state index contributed by atoms with van der Waals surface area (Å²) in [6, 6.07) is 8.63. The van der Waals surface area contributed by atoms with Gasteiger partial charge in [-0.2, -0.15) is 0 Å². The normalized spacial score (nSPS) is 11.8. The molecular formula is C17H21N5S2. The second kappa shape index (κ2) is 7.03. The van der Waals surface area contributed by atoms with Crippen LogP contribution in [0.25, 0.3) is 10.6 Å². The maximum atomic E-state index is 4.75. The number of hydrogen-bond donors (Lipinski definition) is 0. The van der Waals surface area contributed by atoms with Gasteiger partial charge in [0.25, 0.3) is 0 Å². The second-order valence-electron chi connectivity index (χ2n) is 6.53. The van der Waals surface area contributed by atoms with E-state index in [1.54, 1.807) is 23.1 Å². The van der Waals surface area contributed by atoms with Gasteiger partial charge in [-0.25, -0.2) is 9.67 Å². The number of hydrogen-bond acceptors (Lipinski definition) is 6. The topological polar surface area (TPSA) is 56.5 Å². The molecule has 2 aromatic heterocycles. The first-order valence-corrected chi connectivity index (χ1v) is 9.79. The summed E-state index contributed by atoms with van der Waals surface area (Å²) in [7, 11) is 0. The molecule has 0 aliphatic carbocycles. The summed E-state index contributed by atoms with van der Waals surface area (Å²) in [6.07, 6.45) is 1.06. The molecule has 1 aromatic carbocycles. The van der Waals surface area contributed by atoms with Gasteiger partial charge in [-0.3, -0.25) is 0 Å². The summed E-state index contributed by atoms with van der Waals surface area (Å²) in [5, 5.41) is 16.0. The highest BCUT2D eigenvalue weighted by molar-refractivity contribution is 7.98. The predicted molar refractivity (Wildman–Crippen MR) is 99.3 cm³/mol. The Labute approximate surface area is 150 Å². The van der Waals surface area contributed by atoms with Crippen LogP contribution in [-0.2, 0) is 17.7 Å². The molecule has 0 radical (unpaired) electrons. The van der Waals surface area contributed by atoms with Gasteiger partial charge in [0.15, 0.2) is 0 Å². The van der Waals surface area contributed by atoms with Gasteiger partial charge in [0, 0.05) is 16.7 Å².